The third kappa shape index (κ3) is 11.3. The summed E-state index contributed by atoms with van der Waals surface area (Å²) in [6.45, 7) is 1.02. The van der Waals surface area contributed by atoms with E-state index >= 15 is 0 Å². The number of methoxy groups -OCH3 is 1. The van der Waals surface area contributed by atoms with Gasteiger partial charge in [-0.1, -0.05) is 18.2 Å². The molecular weight excluding hydrogens is 546 g/mol. The van der Waals surface area contributed by atoms with E-state index in [-0.39, 0.29) is 56.5 Å². The maximum atomic E-state index is 14.5. The van der Waals surface area contributed by atoms with Gasteiger partial charge in [0.1, 0.15) is 11.6 Å². The van der Waals surface area contributed by atoms with Crippen LogP contribution in [-0.2, 0) is 33.5 Å². The second-order valence-corrected chi connectivity index (χ2v) is 10.2. The van der Waals surface area contributed by atoms with Crippen molar-refractivity contribution in [2.24, 2.45) is 5.92 Å². The van der Waals surface area contributed by atoms with Crippen molar-refractivity contribution in [3.05, 3.63) is 65.0 Å². The Morgan fingerprint density at radius 2 is 1.93 bits per heavy atom. The molecule has 1 aliphatic heterocycles. The lowest BCUT2D eigenvalue weighted by molar-refractivity contribution is -0.137. The molecule has 3 rings (SSSR count). The summed E-state index contributed by atoms with van der Waals surface area (Å²) in [4.78, 5) is 24.9. The Labute approximate surface area is 236 Å². The quantitative estimate of drug-likeness (QED) is 0.373. The molecule has 0 spiro atoms. The minimum absolute atomic E-state index is 0.0398. The predicted octanol–water partition coefficient (Wildman–Crippen LogP) is 3.35. The van der Waals surface area contributed by atoms with Gasteiger partial charge >= 0.3 is 6.18 Å². The smallest absolute Gasteiger partial charge is 0.416 e. The molecule has 1 heterocycles. The lowest BCUT2D eigenvalue weighted by Gasteiger charge is -2.25. The molecular formula is C29H37F4N3O5. The van der Waals surface area contributed by atoms with Gasteiger partial charge in [-0.25, -0.2) is 4.39 Å². The number of aliphatic hydroxyl groups is 1. The highest BCUT2D eigenvalue weighted by atomic mass is 19.4. The number of halogens is 4. The summed E-state index contributed by atoms with van der Waals surface area (Å²) in [6, 6.07) is 8.16. The van der Waals surface area contributed by atoms with Gasteiger partial charge in [-0.3, -0.25) is 9.59 Å². The Kier molecular flexibility index (Phi) is 12.4. The van der Waals surface area contributed by atoms with E-state index in [9.17, 15) is 32.3 Å². The molecule has 41 heavy (non-hydrogen) atoms. The first kappa shape index (κ1) is 32.3. The number of hydrogen-bond acceptors (Lipinski definition) is 6. The molecule has 3 atom stereocenters. The highest BCUT2D eigenvalue weighted by molar-refractivity contribution is 5.79. The SMILES string of the molecule is COCC1CCNC(=O)CCCC(=O)N[C@H]([C@H](O)CNCc2cccc(C(F)(F)F)c2)Cc2cc(F)cc(c2)OC1. The van der Waals surface area contributed by atoms with Crippen LogP contribution < -0.4 is 20.7 Å². The summed E-state index contributed by atoms with van der Waals surface area (Å²) in [5.74, 6) is -0.909. The van der Waals surface area contributed by atoms with Crippen LogP contribution in [0, 0.1) is 11.7 Å². The van der Waals surface area contributed by atoms with Gasteiger partial charge in [0, 0.05) is 51.6 Å². The van der Waals surface area contributed by atoms with E-state index in [4.69, 9.17) is 9.47 Å². The second kappa shape index (κ2) is 15.7. The van der Waals surface area contributed by atoms with Gasteiger partial charge in [0.15, 0.2) is 0 Å². The third-order valence-corrected chi connectivity index (χ3v) is 6.70. The van der Waals surface area contributed by atoms with Gasteiger partial charge in [0.25, 0.3) is 0 Å². The number of ether oxygens (including phenoxy) is 2. The largest absolute Gasteiger partial charge is 0.493 e. The third-order valence-electron chi connectivity index (χ3n) is 6.70. The van der Waals surface area contributed by atoms with E-state index in [0.717, 1.165) is 12.1 Å². The molecule has 8 nitrogen and oxygen atoms in total. The number of alkyl halides is 3. The van der Waals surface area contributed by atoms with E-state index in [0.29, 0.717) is 37.1 Å². The van der Waals surface area contributed by atoms with Crippen LogP contribution in [0.4, 0.5) is 17.6 Å². The number of rotatable bonds is 7. The molecule has 1 aliphatic rings. The topological polar surface area (TPSA) is 109 Å². The van der Waals surface area contributed by atoms with Crippen LogP contribution in [0.2, 0.25) is 0 Å². The van der Waals surface area contributed by atoms with Crippen LogP contribution in [0.25, 0.3) is 0 Å². The fourth-order valence-corrected chi connectivity index (χ4v) is 4.58. The van der Waals surface area contributed by atoms with Gasteiger partial charge in [0.2, 0.25) is 11.8 Å². The molecule has 0 radical (unpaired) electrons. The average Bonchev–Trinajstić information content (AvgIpc) is 2.90. The Bertz CT molecular complexity index is 1150. The molecule has 1 unspecified atom stereocenters. The van der Waals surface area contributed by atoms with Crippen LogP contribution >= 0.6 is 0 Å². The van der Waals surface area contributed by atoms with E-state index in [1.807, 2.05) is 0 Å². The zero-order valence-electron chi connectivity index (χ0n) is 22.9. The Morgan fingerprint density at radius 1 is 1.15 bits per heavy atom. The van der Waals surface area contributed by atoms with Crippen molar-refractivity contribution in [3.8, 4) is 5.75 Å². The van der Waals surface area contributed by atoms with Crippen molar-refractivity contribution >= 4 is 11.8 Å². The van der Waals surface area contributed by atoms with Crippen LogP contribution in [0.15, 0.2) is 42.5 Å². The zero-order chi connectivity index (χ0) is 29.8. The van der Waals surface area contributed by atoms with Crippen molar-refractivity contribution in [3.63, 3.8) is 0 Å². The minimum Gasteiger partial charge on any atom is -0.493 e. The highest BCUT2D eigenvalue weighted by Crippen LogP contribution is 2.29. The Hall–Kier alpha value is -3.22. The summed E-state index contributed by atoms with van der Waals surface area (Å²) >= 11 is 0. The highest BCUT2D eigenvalue weighted by Gasteiger charge is 2.30. The lowest BCUT2D eigenvalue weighted by Crippen LogP contribution is -2.48. The standard InChI is InChI=1S/C29H37F4N3O5/c1-40-17-20-8-9-35-27(38)6-3-7-28(39)36-25(13-21-11-23(30)14-24(12-21)41-18-20)26(37)16-34-15-19-4-2-5-22(10-19)29(31,32)33/h2,4-5,10-12,14,20,25-26,34,37H,3,6-9,13,15-18H2,1H3,(H,35,38)(H,36,39)/t20?,25-,26+/m0/s1. The molecule has 4 N–H and O–H groups in total. The molecule has 0 aliphatic carbocycles. The van der Waals surface area contributed by atoms with Gasteiger partial charge in [-0.05, 0) is 48.6 Å². The molecule has 226 valence electrons. The van der Waals surface area contributed by atoms with Crippen LogP contribution in [0.3, 0.4) is 0 Å². The van der Waals surface area contributed by atoms with Gasteiger partial charge in [-0.2, -0.15) is 13.2 Å². The Morgan fingerprint density at radius 3 is 2.68 bits per heavy atom. The Balaban J connectivity index is 1.73. The van der Waals surface area contributed by atoms with Crippen LogP contribution in [0.5, 0.6) is 5.75 Å². The first-order chi connectivity index (χ1) is 19.5. The molecule has 2 amide bonds. The van der Waals surface area contributed by atoms with E-state index < -0.39 is 35.6 Å². The van der Waals surface area contributed by atoms with Crippen molar-refractivity contribution in [1.29, 1.82) is 0 Å². The molecule has 0 aromatic heterocycles. The van der Waals surface area contributed by atoms with Crippen LogP contribution in [-0.4, -0.2) is 62.5 Å². The van der Waals surface area contributed by atoms with Gasteiger partial charge in [-0.15, -0.1) is 0 Å². The summed E-state index contributed by atoms with van der Waals surface area (Å²) in [5, 5.41) is 19.5. The summed E-state index contributed by atoms with van der Waals surface area (Å²) in [5.41, 5.74) is 0.0813. The van der Waals surface area contributed by atoms with E-state index in [2.05, 4.69) is 16.0 Å². The van der Waals surface area contributed by atoms with Crippen LogP contribution in [0.1, 0.15) is 42.4 Å². The summed E-state index contributed by atoms with van der Waals surface area (Å²) < 4.78 is 64.7. The zero-order valence-corrected chi connectivity index (χ0v) is 22.9. The maximum absolute atomic E-state index is 14.5. The predicted molar refractivity (Wildman–Crippen MR) is 144 cm³/mol. The second-order valence-electron chi connectivity index (χ2n) is 10.2. The number of aliphatic hydroxyl groups excluding tert-OH is 1. The summed E-state index contributed by atoms with van der Waals surface area (Å²) in [7, 11) is 1.56. The lowest BCUT2D eigenvalue weighted by atomic mass is 10.00. The minimum atomic E-state index is -4.47. The van der Waals surface area contributed by atoms with Crippen molar-refractivity contribution < 1.29 is 41.7 Å². The normalized spacial score (nSPS) is 20.3. The van der Waals surface area contributed by atoms with E-state index in [1.54, 1.807) is 13.2 Å². The first-order valence-electron chi connectivity index (χ1n) is 13.6. The fraction of sp³-hybridized carbons (Fsp3) is 0.517. The number of carbonyl (C=O) groups is 2. The fourth-order valence-electron chi connectivity index (χ4n) is 4.58. The molecule has 0 fully saturated rings. The van der Waals surface area contributed by atoms with Gasteiger partial charge < -0.3 is 30.5 Å². The summed E-state index contributed by atoms with van der Waals surface area (Å²) in [6.07, 6.45) is -4.49. The number of benzene rings is 2. The van der Waals surface area contributed by atoms with Crippen molar-refractivity contribution in [1.82, 2.24) is 16.0 Å². The first-order valence-corrected chi connectivity index (χ1v) is 13.6. The van der Waals surface area contributed by atoms with Crippen molar-refractivity contribution in [2.75, 3.05) is 33.4 Å². The van der Waals surface area contributed by atoms with E-state index in [1.165, 1.54) is 24.3 Å². The number of nitrogens with one attached hydrogen (secondary N) is 3. The number of carbonyl (C=O) groups excluding carboxylic acids is 2. The molecule has 2 aromatic rings. The monoisotopic (exact) mass is 583 g/mol. The van der Waals surface area contributed by atoms with Gasteiger partial charge in [0.05, 0.1) is 30.9 Å². The maximum Gasteiger partial charge on any atom is 0.416 e. The number of fused-ring (bicyclic) bond motifs is 2. The van der Waals surface area contributed by atoms with Crippen molar-refractivity contribution in [2.45, 2.75) is 57.0 Å². The molecule has 0 saturated carbocycles. The number of hydrogen-bond donors (Lipinski definition) is 4. The molecule has 12 heteroatoms. The average molecular weight is 584 g/mol. The molecule has 0 saturated heterocycles. The molecule has 2 aromatic carbocycles. The number of amides is 2. The molecule has 2 bridgehead atoms.